The van der Waals surface area contributed by atoms with E-state index in [1.807, 2.05) is 17.3 Å². The van der Waals surface area contributed by atoms with Gasteiger partial charge in [0.05, 0.1) is 5.56 Å². The van der Waals surface area contributed by atoms with Crippen molar-refractivity contribution < 1.29 is 4.79 Å². The first-order valence-corrected chi connectivity index (χ1v) is 9.07. The van der Waals surface area contributed by atoms with Crippen LogP contribution in [0.4, 0.5) is 0 Å². The standard InChI is InChI=1S/C19H27N5O2/c1-21(2)11-12-23-10-8-20-18(23)15-5-4-9-24(14-15)19(26)16-6-7-17(25)22(3)13-16/h6-8,10,13,15H,4-5,9,11-12,14H2,1-3H3/t15-/m1/s1. The van der Waals surface area contributed by atoms with Crippen molar-refractivity contribution in [3.05, 3.63) is 52.5 Å². The van der Waals surface area contributed by atoms with Gasteiger partial charge in [-0.2, -0.15) is 0 Å². The van der Waals surface area contributed by atoms with Crippen LogP contribution < -0.4 is 5.56 Å². The highest BCUT2D eigenvalue weighted by Gasteiger charge is 2.28. The maximum absolute atomic E-state index is 12.9. The van der Waals surface area contributed by atoms with E-state index in [4.69, 9.17) is 0 Å². The summed E-state index contributed by atoms with van der Waals surface area (Å²) >= 11 is 0. The molecule has 1 aliphatic rings. The molecule has 0 unspecified atom stereocenters. The number of piperidine rings is 1. The third-order valence-corrected chi connectivity index (χ3v) is 4.94. The number of nitrogens with zero attached hydrogens (tertiary/aromatic N) is 5. The second-order valence-electron chi connectivity index (χ2n) is 7.24. The summed E-state index contributed by atoms with van der Waals surface area (Å²) < 4.78 is 3.65. The number of hydrogen-bond donors (Lipinski definition) is 0. The van der Waals surface area contributed by atoms with Gasteiger partial charge in [-0.05, 0) is 33.0 Å². The molecule has 1 aliphatic heterocycles. The molecular weight excluding hydrogens is 330 g/mol. The highest BCUT2D eigenvalue weighted by atomic mass is 16.2. The minimum atomic E-state index is -0.110. The molecule has 1 saturated heterocycles. The lowest BCUT2D eigenvalue weighted by Gasteiger charge is -2.33. The Balaban J connectivity index is 1.73. The van der Waals surface area contributed by atoms with Gasteiger partial charge in [-0.25, -0.2) is 4.98 Å². The van der Waals surface area contributed by atoms with Crippen molar-refractivity contribution in [2.45, 2.75) is 25.3 Å². The average molecular weight is 357 g/mol. The second kappa shape index (κ2) is 7.86. The van der Waals surface area contributed by atoms with Crippen LogP contribution in [-0.2, 0) is 13.6 Å². The van der Waals surface area contributed by atoms with Crippen molar-refractivity contribution in [1.29, 1.82) is 0 Å². The average Bonchev–Trinajstić information content (AvgIpc) is 3.10. The van der Waals surface area contributed by atoms with E-state index in [0.717, 1.165) is 38.3 Å². The van der Waals surface area contributed by atoms with E-state index >= 15 is 0 Å². The van der Waals surface area contributed by atoms with Gasteiger partial charge >= 0.3 is 0 Å². The molecule has 7 heteroatoms. The third-order valence-electron chi connectivity index (χ3n) is 4.94. The predicted molar refractivity (Wildman–Crippen MR) is 100 cm³/mol. The molecule has 1 fully saturated rings. The number of hydrogen-bond acceptors (Lipinski definition) is 4. The molecule has 2 aromatic rings. The molecule has 1 amide bonds. The molecular formula is C19H27N5O2. The van der Waals surface area contributed by atoms with Gasteiger partial charge in [0.2, 0.25) is 5.56 Å². The molecule has 2 aromatic heterocycles. The fourth-order valence-electron chi connectivity index (χ4n) is 3.45. The Morgan fingerprint density at radius 3 is 2.88 bits per heavy atom. The molecule has 7 nitrogen and oxygen atoms in total. The van der Waals surface area contributed by atoms with Crippen LogP contribution in [0.2, 0.25) is 0 Å². The summed E-state index contributed by atoms with van der Waals surface area (Å²) in [5.41, 5.74) is 0.449. The molecule has 0 spiro atoms. The van der Waals surface area contributed by atoms with Crippen LogP contribution in [0.25, 0.3) is 0 Å². The van der Waals surface area contributed by atoms with Crippen LogP contribution >= 0.6 is 0 Å². The third kappa shape index (κ3) is 4.04. The van der Waals surface area contributed by atoms with Gasteiger partial charge in [0.25, 0.3) is 5.91 Å². The fourth-order valence-corrected chi connectivity index (χ4v) is 3.45. The minimum Gasteiger partial charge on any atom is -0.338 e. The van der Waals surface area contributed by atoms with Gasteiger partial charge in [-0.3, -0.25) is 9.59 Å². The van der Waals surface area contributed by atoms with Gasteiger partial charge in [0.15, 0.2) is 0 Å². The van der Waals surface area contributed by atoms with Crippen LogP contribution in [0.1, 0.15) is 34.9 Å². The smallest absolute Gasteiger partial charge is 0.255 e. The number of likely N-dealkylation sites (tertiary alicyclic amines) is 1. The summed E-state index contributed by atoms with van der Waals surface area (Å²) in [6.45, 7) is 3.27. The van der Waals surface area contributed by atoms with Crippen LogP contribution in [0.15, 0.2) is 35.5 Å². The SMILES string of the molecule is CN(C)CCn1ccnc1[C@@H]1CCCN(C(=O)c2ccc(=O)n(C)c2)C1. The highest BCUT2D eigenvalue weighted by molar-refractivity contribution is 5.94. The number of aryl methyl sites for hydroxylation is 1. The molecule has 1 atom stereocenters. The lowest BCUT2D eigenvalue weighted by Crippen LogP contribution is -2.40. The van der Waals surface area contributed by atoms with Crippen LogP contribution in [0.3, 0.4) is 0 Å². The lowest BCUT2D eigenvalue weighted by atomic mass is 9.96. The number of amides is 1. The first kappa shape index (κ1) is 18.4. The Morgan fingerprint density at radius 2 is 2.15 bits per heavy atom. The zero-order valence-corrected chi connectivity index (χ0v) is 15.8. The number of carbonyl (C=O) groups excluding carboxylic acids is 1. The Hall–Kier alpha value is -2.41. The normalized spacial score (nSPS) is 17.7. The molecule has 3 heterocycles. The Kier molecular flexibility index (Phi) is 5.56. The van der Waals surface area contributed by atoms with E-state index in [0.29, 0.717) is 12.1 Å². The van der Waals surface area contributed by atoms with Crippen LogP contribution in [0, 0.1) is 0 Å². The number of imidazole rings is 1. The Labute approximate surface area is 153 Å². The summed E-state index contributed by atoms with van der Waals surface area (Å²) in [5, 5.41) is 0. The van der Waals surface area contributed by atoms with E-state index in [1.165, 1.54) is 10.6 Å². The monoisotopic (exact) mass is 357 g/mol. The summed E-state index contributed by atoms with van der Waals surface area (Å²) in [6.07, 6.45) is 7.48. The fraction of sp³-hybridized carbons (Fsp3) is 0.526. The summed E-state index contributed by atoms with van der Waals surface area (Å²) in [4.78, 5) is 33.0. The highest BCUT2D eigenvalue weighted by Crippen LogP contribution is 2.26. The number of carbonyl (C=O) groups is 1. The molecule has 3 rings (SSSR count). The first-order chi connectivity index (χ1) is 12.5. The van der Waals surface area contributed by atoms with Crippen molar-refractivity contribution >= 4 is 5.91 Å². The molecule has 0 N–H and O–H groups in total. The topological polar surface area (TPSA) is 63.4 Å². The zero-order chi connectivity index (χ0) is 18.7. The molecule has 0 bridgehead atoms. The molecule has 0 aliphatic carbocycles. The van der Waals surface area contributed by atoms with Crippen molar-refractivity contribution in [3.63, 3.8) is 0 Å². The van der Waals surface area contributed by atoms with E-state index < -0.39 is 0 Å². The first-order valence-electron chi connectivity index (χ1n) is 9.07. The van der Waals surface area contributed by atoms with Gasteiger partial charge in [-0.1, -0.05) is 0 Å². The number of likely N-dealkylation sites (N-methyl/N-ethyl adjacent to an activating group) is 1. The summed E-state index contributed by atoms with van der Waals surface area (Å²) in [7, 11) is 5.79. The quantitative estimate of drug-likeness (QED) is 0.806. The predicted octanol–water partition coefficient (Wildman–Crippen LogP) is 1.16. The van der Waals surface area contributed by atoms with Gasteiger partial charge in [0.1, 0.15) is 5.82 Å². The summed E-state index contributed by atoms with van der Waals surface area (Å²) in [6, 6.07) is 3.06. The van der Waals surface area contributed by atoms with Crippen molar-refractivity contribution in [2.24, 2.45) is 7.05 Å². The van der Waals surface area contributed by atoms with Crippen LogP contribution in [-0.4, -0.2) is 63.6 Å². The van der Waals surface area contributed by atoms with Crippen molar-refractivity contribution in [3.8, 4) is 0 Å². The maximum Gasteiger partial charge on any atom is 0.255 e. The Bertz CT molecular complexity index is 823. The van der Waals surface area contributed by atoms with Gasteiger partial charge in [0, 0.05) is 63.8 Å². The van der Waals surface area contributed by atoms with E-state index in [1.54, 1.807) is 19.3 Å². The van der Waals surface area contributed by atoms with Crippen molar-refractivity contribution in [2.75, 3.05) is 33.7 Å². The maximum atomic E-state index is 12.9. The molecule has 0 saturated carbocycles. The van der Waals surface area contributed by atoms with Gasteiger partial charge < -0.3 is 18.9 Å². The number of pyridine rings is 1. The van der Waals surface area contributed by atoms with E-state index in [2.05, 4.69) is 28.5 Å². The molecule has 140 valence electrons. The molecule has 26 heavy (non-hydrogen) atoms. The zero-order valence-electron chi connectivity index (χ0n) is 15.8. The second-order valence-corrected chi connectivity index (χ2v) is 7.24. The molecule has 0 radical (unpaired) electrons. The van der Waals surface area contributed by atoms with Gasteiger partial charge in [-0.15, -0.1) is 0 Å². The van der Waals surface area contributed by atoms with Crippen molar-refractivity contribution in [1.82, 2.24) is 23.9 Å². The van der Waals surface area contributed by atoms with E-state index in [9.17, 15) is 9.59 Å². The molecule has 0 aromatic carbocycles. The number of aromatic nitrogens is 3. The van der Waals surface area contributed by atoms with E-state index in [-0.39, 0.29) is 17.4 Å². The largest absolute Gasteiger partial charge is 0.338 e. The summed E-state index contributed by atoms with van der Waals surface area (Å²) in [5.74, 6) is 1.29. The minimum absolute atomic E-state index is 0.0169. The Morgan fingerprint density at radius 1 is 1.35 bits per heavy atom. The lowest BCUT2D eigenvalue weighted by molar-refractivity contribution is 0.0702. The number of rotatable bonds is 5. The van der Waals surface area contributed by atoms with Crippen LogP contribution in [0.5, 0.6) is 0 Å².